The molecule has 0 unspecified atom stereocenters. The molecule has 0 fully saturated rings. The van der Waals surface area contributed by atoms with Gasteiger partial charge < -0.3 is 27.7 Å². The fourth-order valence-corrected chi connectivity index (χ4v) is 19.3. The first-order valence-electron chi connectivity index (χ1n) is 44.6. The summed E-state index contributed by atoms with van der Waals surface area (Å²) in [6.07, 6.45) is 6.91. The summed E-state index contributed by atoms with van der Waals surface area (Å²) in [6.45, 7) is 49.1. The van der Waals surface area contributed by atoms with Crippen LogP contribution in [0.5, 0.6) is 11.5 Å². The number of aryl methyl sites for hydroxylation is 1. The lowest BCUT2D eigenvalue weighted by atomic mass is 9.84. The van der Waals surface area contributed by atoms with Gasteiger partial charge in [-0.15, -0.1) is 34.4 Å². The number of para-hydroxylation sites is 1. The van der Waals surface area contributed by atoms with Crippen molar-refractivity contribution in [3.05, 3.63) is 334 Å². The number of carbonyl (C=O) groups is 1. The number of aromatic amines is 1. The summed E-state index contributed by atoms with van der Waals surface area (Å²) in [5.74, 6) is 3.20. The third kappa shape index (κ3) is 25.4. The van der Waals surface area contributed by atoms with E-state index in [1.54, 1.807) is 34.5 Å². The van der Waals surface area contributed by atoms with Gasteiger partial charge in [0.2, 0.25) is 0 Å². The molecule has 18 heteroatoms. The third-order valence-corrected chi connectivity index (χ3v) is 26.1. The minimum atomic E-state index is -0.198. The number of ether oxygens (including phenoxy) is 2. The van der Waals surface area contributed by atoms with Gasteiger partial charge in [0, 0.05) is 157 Å². The van der Waals surface area contributed by atoms with Crippen molar-refractivity contribution < 1.29 is 14.3 Å². The van der Waals surface area contributed by atoms with Crippen molar-refractivity contribution in [3.63, 3.8) is 0 Å². The summed E-state index contributed by atoms with van der Waals surface area (Å²) in [5.41, 5.74) is 27.0. The van der Waals surface area contributed by atoms with Gasteiger partial charge >= 0.3 is 0 Å². The van der Waals surface area contributed by atoms with Crippen molar-refractivity contribution in [2.75, 3.05) is 0 Å². The highest BCUT2D eigenvalue weighted by Crippen LogP contribution is 2.46. The van der Waals surface area contributed by atoms with Gasteiger partial charge in [-0.2, -0.15) is 5.10 Å². The molecule has 0 atom stereocenters. The largest absolute Gasteiger partial charge is 0.487 e. The van der Waals surface area contributed by atoms with Crippen LogP contribution in [0, 0.1) is 28.6 Å². The van der Waals surface area contributed by atoms with Crippen LogP contribution in [0.4, 0.5) is 0 Å². The molecule has 16 aromatic rings. The van der Waals surface area contributed by atoms with E-state index in [2.05, 4.69) is 346 Å². The highest BCUT2D eigenvalue weighted by Gasteiger charge is 2.34. The number of thioether (sulfide) groups is 1. The number of nitrogens with zero attached hydrogens (tertiary/aromatic N) is 8. The Morgan fingerprint density at radius 2 is 0.922 bits per heavy atom. The number of aromatic nitrogens is 9. The topological polar surface area (TPSA) is 123 Å². The summed E-state index contributed by atoms with van der Waals surface area (Å²) in [4.78, 5) is 28.4. The zero-order valence-electron chi connectivity index (χ0n) is 78.3. The fraction of sp³-hybridized carbons (Fsp3) is 0.355. The lowest BCUT2D eigenvalue weighted by Gasteiger charge is -2.25. The van der Waals surface area contributed by atoms with Crippen LogP contribution in [0.3, 0.4) is 0 Å². The van der Waals surface area contributed by atoms with Crippen LogP contribution in [0.1, 0.15) is 234 Å². The van der Waals surface area contributed by atoms with E-state index in [4.69, 9.17) is 44.3 Å². The van der Waals surface area contributed by atoms with E-state index >= 15 is 0 Å². The van der Waals surface area contributed by atoms with Crippen molar-refractivity contribution in [3.8, 4) is 22.6 Å². The number of rotatable bonds is 26. The zero-order valence-corrected chi connectivity index (χ0v) is 83.0. The van der Waals surface area contributed by atoms with Crippen LogP contribution in [0.25, 0.3) is 54.7 Å². The number of hydrogen-bond acceptors (Lipinski definition) is 10. The van der Waals surface area contributed by atoms with E-state index in [0.29, 0.717) is 37.1 Å². The molecule has 0 spiro atoms. The lowest BCUT2D eigenvalue weighted by molar-refractivity contribution is 0.0939. The van der Waals surface area contributed by atoms with Gasteiger partial charge in [-0.05, 0) is 190 Å². The van der Waals surface area contributed by atoms with Gasteiger partial charge in [0.15, 0.2) is 5.78 Å². The number of Topliss-reactive ketones (excluding diaryl/α,β-unsaturated/α-hetero) is 1. The number of thiazole rings is 2. The van der Waals surface area contributed by atoms with Crippen LogP contribution in [-0.2, 0) is 70.5 Å². The quantitative estimate of drug-likeness (QED) is 0.0420. The molecule has 128 heavy (non-hydrogen) atoms. The van der Waals surface area contributed by atoms with Crippen molar-refractivity contribution in [2.24, 2.45) is 21.7 Å². The first-order valence-corrected chi connectivity index (χ1v) is 48.4. The highest BCUT2D eigenvalue weighted by molar-refractivity contribution is 8.00. The van der Waals surface area contributed by atoms with Gasteiger partial charge in [-0.25, -0.2) is 15.0 Å². The second kappa shape index (κ2) is 41.0. The summed E-state index contributed by atoms with van der Waals surface area (Å²) in [5, 5.41) is 18.4. The molecule has 668 valence electrons. The highest BCUT2D eigenvalue weighted by atomic mass is 35.5. The van der Waals surface area contributed by atoms with E-state index < -0.39 is 0 Å². The van der Waals surface area contributed by atoms with Crippen molar-refractivity contribution in [2.45, 2.75) is 237 Å². The number of halogens is 3. The van der Waals surface area contributed by atoms with Gasteiger partial charge in [0.05, 0.1) is 22.4 Å². The molecule has 9 aromatic carbocycles. The summed E-state index contributed by atoms with van der Waals surface area (Å²) < 4.78 is 22.1. The maximum atomic E-state index is 13.9. The van der Waals surface area contributed by atoms with Crippen molar-refractivity contribution in [1.29, 1.82) is 0 Å². The Bertz CT molecular complexity index is 6350. The second-order valence-electron chi connectivity index (χ2n) is 40.7. The Balaban J connectivity index is 0.000000147. The molecular formula is C110H126Cl3N9O3S3. The number of H-pyrrole nitrogens is 1. The van der Waals surface area contributed by atoms with Crippen LogP contribution in [0.2, 0.25) is 15.1 Å². The van der Waals surface area contributed by atoms with Crippen LogP contribution in [0.15, 0.2) is 245 Å². The molecule has 0 saturated carbocycles. The third-order valence-electron chi connectivity index (χ3n) is 22.8. The van der Waals surface area contributed by atoms with E-state index in [0.717, 1.165) is 118 Å². The average Bonchev–Trinajstić information content (AvgIpc) is 1.60. The minimum absolute atomic E-state index is 0.00678. The number of hydrogen-bond donors (Lipinski definition) is 1. The number of nitrogens with one attached hydrogen (secondary N) is 1. The number of ketones is 1. The Morgan fingerprint density at radius 1 is 0.461 bits per heavy atom. The maximum Gasteiger partial charge on any atom is 0.165 e. The number of carbonyl (C=O) groups excluding carboxylic acids is 1. The van der Waals surface area contributed by atoms with E-state index in [-0.39, 0.29) is 37.6 Å². The van der Waals surface area contributed by atoms with Crippen LogP contribution in [-0.4, -0.2) is 53.9 Å². The average molecular weight is 1820 g/mol. The molecule has 0 amide bonds. The van der Waals surface area contributed by atoms with Gasteiger partial charge in [-0.1, -0.05) is 288 Å². The molecule has 0 bridgehead atoms. The summed E-state index contributed by atoms with van der Waals surface area (Å²) in [7, 11) is 0. The Kier molecular flexibility index (Phi) is 30.6. The van der Waals surface area contributed by atoms with Crippen molar-refractivity contribution in [1.82, 2.24) is 43.4 Å². The molecule has 7 heterocycles. The summed E-state index contributed by atoms with van der Waals surface area (Å²) >= 11 is 23.6. The molecule has 0 saturated heterocycles. The molecule has 7 aromatic heterocycles. The zero-order chi connectivity index (χ0) is 91.6. The van der Waals surface area contributed by atoms with Crippen molar-refractivity contribution >= 4 is 119 Å². The Labute approximate surface area is 786 Å². The fourth-order valence-electron chi connectivity index (χ4n) is 16.6. The smallest absolute Gasteiger partial charge is 0.165 e. The first kappa shape index (κ1) is 95.6. The molecule has 0 aliphatic heterocycles. The monoisotopic (exact) mass is 1820 g/mol. The van der Waals surface area contributed by atoms with E-state index in [9.17, 15) is 4.79 Å². The normalized spacial score (nSPS) is 12.2. The molecular weight excluding hydrogens is 1700 g/mol. The second-order valence-corrected chi connectivity index (χ2v) is 45.3. The Morgan fingerprint density at radius 3 is 1.41 bits per heavy atom. The number of benzene rings is 9. The SMILES string of the molecule is CC(C)(C)CC(=O)c1c(CC(C)(C)C)n(Cc2ccc(Cl)cc2)c2ccc(OCc3cscn3)cc12.CC(C)(C)CCc1c(CC(C)(C)C)n(Cc2ccc(Cl)cc2)c2ccc(OCc3cscn3)cc12.CC(C)c1ccc2c(c1)c(SC(C)(C)C)c(CC(C)(C)c1ncn[nH]1)n2Cc1ccc(Cl)cc1.Cc1c(-c2ccccc2)c2ccccc2n1Cc1ccccc1. The molecule has 0 aliphatic carbocycles. The maximum absolute atomic E-state index is 13.9. The summed E-state index contributed by atoms with van der Waals surface area (Å²) in [6, 6.07) is 74.1. The van der Waals surface area contributed by atoms with Crippen LogP contribution >= 0.6 is 69.2 Å². The predicted molar refractivity (Wildman–Crippen MR) is 543 cm³/mol. The predicted octanol–water partition coefficient (Wildman–Crippen LogP) is 31.2. The molecule has 1 N–H and O–H groups in total. The van der Waals surface area contributed by atoms with E-state index in [1.165, 1.54) is 93.6 Å². The van der Waals surface area contributed by atoms with Gasteiger partial charge in [-0.3, -0.25) is 9.89 Å². The van der Waals surface area contributed by atoms with Gasteiger partial charge in [0.1, 0.15) is 36.9 Å². The molecule has 16 rings (SSSR count). The molecule has 0 radical (unpaired) electrons. The standard InChI is InChI=1S/C30H35ClN2O2S.C30H37ClN2OS.C28H35ClN4S.C22H19N/c1-29(2,3)14-26-28(27(34)15-30(4,5)6)24-13-23(35-17-22-18-36-19-32-22)11-12-25(24)33(26)16-20-7-9-21(31)10-8-20;1-29(2,3)14-13-25-26-15-24(34-18-23-19-35-20-32-23)11-12-27(26)33(28(25)16-30(4,5)6)17-21-7-9-22(31)10-8-21;1-18(2)20-10-13-23-22(14-20)25(34-27(3,4)5)24(15-28(6,7)26-30-17-31-32-26)33(23)16-19-8-11-21(29)12-9-19;1-17-22(19-12-6-3-7-13-19)20-14-8-9-15-21(20)23(17)16-18-10-4-2-5-11-18/h7-13,18-19H,14-17H2,1-6H3;7-12,15,19-20H,13-14,16-18H2,1-6H3;8-14,17-18H,15-16H2,1-7H3,(H,30,31,32);2-15H,16H2,1H3. The van der Waals surface area contributed by atoms with Crippen LogP contribution < -0.4 is 9.47 Å². The molecule has 12 nitrogen and oxygen atoms in total. The Hall–Kier alpha value is -9.97. The molecule has 0 aliphatic rings. The minimum Gasteiger partial charge on any atom is -0.487 e. The van der Waals surface area contributed by atoms with E-state index in [1.807, 2.05) is 76.6 Å². The first-order chi connectivity index (χ1) is 60.7. The lowest BCUT2D eigenvalue weighted by Crippen LogP contribution is -2.25. The number of fused-ring (bicyclic) bond motifs is 4. The van der Waals surface area contributed by atoms with Gasteiger partial charge in [0.25, 0.3) is 0 Å².